The summed E-state index contributed by atoms with van der Waals surface area (Å²) in [6, 6.07) is 3.43. The molecule has 1 aliphatic carbocycles. The van der Waals surface area contributed by atoms with E-state index in [1.54, 1.807) is 7.05 Å². The molecule has 0 radical (unpaired) electrons. The Labute approximate surface area is 113 Å². The van der Waals surface area contributed by atoms with Crippen LogP contribution in [-0.2, 0) is 7.05 Å². The number of rotatable bonds is 4. The molecule has 0 spiro atoms. The van der Waals surface area contributed by atoms with Crippen molar-refractivity contribution < 1.29 is 4.79 Å². The molecule has 19 heavy (non-hydrogen) atoms. The maximum absolute atomic E-state index is 12.6. The van der Waals surface area contributed by atoms with Crippen molar-refractivity contribution in [3.63, 3.8) is 0 Å². The lowest BCUT2D eigenvalue weighted by atomic mass is 10.0. The summed E-state index contributed by atoms with van der Waals surface area (Å²) in [4.78, 5) is 25.8. The second kappa shape index (κ2) is 5.15. The predicted molar refractivity (Wildman–Crippen MR) is 73.0 cm³/mol. The van der Waals surface area contributed by atoms with E-state index in [4.69, 9.17) is 0 Å². The first-order valence-corrected chi connectivity index (χ1v) is 6.79. The summed E-state index contributed by atoms with van der Waals surface area (Å²) in [5, 5.41) is 4.06. The first kappa shape index (κ1) is 13.8. The minimum Gasteiger partial charge on any atom is -0.331 e. The fourth-order valence-electron chi connectivity index (χ4n) is 2.11. The smallest absolute Gasteiger partial charge is 0.274 e. The van der Waals surface area contributed by atoms with Crippen LogP contribution in [-0.4, -0.2) is 32.7 Å². The van der Waals surface area contributed by atoms with Crippen LogP contribution in [0.3, 0.4) is 0 Å². The van der Waals surface area contributed by atoms with Crippen molar-refractivity contribution in [2.45, 2.75) is 45.7 Å². The van der Waals surface area contributed by atoms with Crippen LogP contribution in [0.4, 0.5) is 0 Å². The molecule has 0 bridgehead atoms. The minimum absolute atomic E-state index is 0.0701. The van der Waals surface area contributed by atoms with Gasteiger partial charge in [0.05, 0.1) is 0 Å². The molecule has 1 amide bonds. The number of carbonyl (C=O) groups is 1. The van der Waals surface area contributed by atoms with E-state index in [-0.39, 0.29) is 17.5 Å². The monoisotopic (exact) mass is 263 g/mol. The van der Waals surface area contributed by atoms with Gasteiger partial charge in [-0.3, -0.25) is 9.59 Å². The molecule has 1 saturated carbocycles. The Kier molecular flexibility index (Phi) is 3.73. The van der Waals surface area contributed by atoms with Gasteiger partial charge in [-0.15, -0.1) is 0 Å². The maximum Gasteiger partial charge on any atom is 0.274 e. The van der Waals surface area contributed by atoms with Crippen LogP contribution in [0.2, 0.25) is 0 Å². The van der Waals surface area contributed by atoms with E-state index in [1.165, 1.54) is 16.8 Å². The summed E-state index contributed by atoms with van der Waals surface area (Å²) in [6.45, 7) is 6.30. The van der Waals surface area contributed by atoms with Crippen molar-refractivity contribution in [1.29, 1.82) is 0 Å². The highest BCUT2D eigenvalue weighted by Crippen LogP contribution is 2.31. The lowest BCUT2D eigenvalue weighted by Gasteiger charge is -2.31. The van der Waals surface area contributed by atoms with Crippen LogP contribution in [0, 0.1) is 5.92 Å². The van der Waals surface area contributed by atoms with Gasteiger partial charge < -0.3 is 4.90 Å². The predicted octanol–water partition coefficient (Wildman–Crippen LogP) is 1.43. The molecule has 1 aromatic rings. The zero-order valence-corrected chi connectivity index (χ0v) is 12.0. The van der Waals surface area contributed by atoms with Crippen LogP contribution in [0.25, 0.3) is 0 Å². The lowest BCUT2D eigenvalue weighted by Crippen LogP contribution is -2.44. The largest absolute Gasteiger partial charge is 0.331 e. The van der Waals surface area contributed by atoms with Crippen molar-refractivity contribution in [3.05, 3.63) is 28.2 Å². The van der Waals surface area contributed by atoms with Gasteiger partial charge in [0.1, 0.15) is 5.69 Å². The first-order valence-electron chi connectivity index (χ1n) is 6.79. The molecule has 0 N–H and O–H groups in total. The molecule has 0 aliphatic heterocycles. The highest BCUT2D eigenvalue weighted by Gasteiger charge is 2.37. The summed E-state index contributed by atoms with van der Waals surface area (Å²) in [5.41, 5.74) is 0.146. The normalized spacial score (nSPS) is 16.5. The molecular formula is C14H21N3O2. The second-order valence-corrected chi connectivity index (χ2v) is 5.61. The van der Waals surface area contributed by atoms with Gasteiger partial charge in [0.15, 0.2) is 0 Å². The van der Waals surface area contributed by atoms with Gasteiger partial charge in [-0.1, -0.05) is 13.8 Å². The Hall–Kier alpha value is -1.65. The molecule has 1 atom stereocenters. The van der Waals surface area contributed by atoms with Gasteiger partial charge in [-0.25, -0.2) is 4.68 Å². The van der Waals surface area contributed by atoms with E-state index in [9.17, 15) is 9.59 Å². The molecule has 1 fully saturated rings. The van der Waals surface area contributed by atoms with E-state index < -0.39 is 0 Å². The molecule has 0 aromatic carbocycles. The molecular weight excluding hydrogens is 242 g/mol. The summed E-state index contributed by atoms with van der Waals surface area (Å²) in [5.74, 6) is 0.330. The Morgan fingerprint density at radius 1 is 1.37 bits per heavy atom. The molecule has 104 valence electrons. The molecule has 1 heterocycles. The Balaban J connectivity index is 2.28. The molecule has 5 nitrogen and oxygen atoms in total. The second-order valence-electron chi connectivity index (χ2n) is 5.61. The van der Waals surface area contributed by atoms with E-state index in [2.05, 4.69) is 25.9 Å². The van der Waals surface area contributed by atoms with Gasteiger partial charge >= 0.3 is 0 Å². The maximum atomic E-state index is 12.6. The average Bonchev–Trinajstić information content (AvgIpc) is 3.17. The van der Waals surface area contributed by atoms with E-state index in [0.717, 1.165) is 12.8 Å². The standard InChI is InChI=1S/C14H21N3O2/c1-9(2)10(3)17(11-5-6-11)14(19)12-7-8-13(18)16(4)15-12/h7-11H,5-6H2,1-4H3/t10-/m1/s1. The van der Waals surface area contributed by atoms with E-state index in [1.807, 2.05) is 4.90 Å². The van der Waals surface area contributed by atoms with Crippen molar-refractivity contribution in [2.24, 2.45) is 13.0 Å². The van der Waals surface area contributed by atoms with Crippen molar-refractivity contribution in [3.8, 4) is 0 Å². The summed E-state index contributed by atoms with van der Waals surface area (Å²) in [7, 11) is 1.56. The number of hydrogen-bond acceptors (Lipinski definition) is 3. The van der Waals surface area contributed by atoms with E-state index >= 15 is 0 Å². The lowest BCUT2D eigenvalue weighted by molar-refractivity contribution is 0.0619. The number of aromatic nitrogens is 2. The molecule has 2 rings (SSSR count). The number of hydrogen-bond donors (Lipinski definition) is 0. The van der Waals surface area contributed by atoms with Crippen LogP contribution in [0.15, 0.2) is 16.9 Å². The summed E-state index contributed by atoms with van der Waals surface area (Å²) >= 11 is 0. The van der Waals surface area contributed by atoms with Gasteiger partial charge in [-0.05, 0) is 31.7 Å². The highest BCUT2D eigenvalue weighted by atomic mass is 16.2. The minimum atomic E-state index is -0.202. The Morgan fingerprint density at radius 2 is 2.00 bits per heavy atom. The molecule has 5 heteroatoms. The van der Waals surface area contributed by atoms with E-state index in [0.29, 0.717) is 17.7 Å². The van der Waals surface area contributed by atoms with Gasteiger partial charge in [0, 0.05) is 25.2 Å². The third kappa shape index (κ3) is 2.85. The Bertz CT molecular complexity index is 532. The highest BCUT2D eigenvalue weighted by molar-refractivity contribution is 5.92. The van der Waals surface area contributed by atoms with Gasteiger partial charge in [-0.2, -0.15) is 5.10 Å². The topological polar surface area (TPSA) is 55.2 Å². The zero-order valence-electron chi connectivity index (χ0n) is 12.0. The quantitative estimate of drug-likeness (QED) is 0.825. The number of amides is 1. The van der Waals surface area contributed by atoms with Gasteiger partial charge in [0.2, 0.25) is 0 Å². The zero-order chi connectivity index (χ0) is 14.2. The molecule has 1 aromatic heterocycles. The average molecular weight is 263 g/mol. The number of aryl methyl sites for hydroxylation is 1. The third-order valence-corrected chi connectivity index (χ3v) is 3.76. The molecule has 0 saturated heterocycles. The van der Waals surface area contributed by atoms with Gasteiger partial charge in [0.25, 0.3) is 11.5 Å². The number of carbonyl (C=O) groups excluding carboxylic acids is 1. The van der Waals surface area contributed by atoms with Crippen LogP contribution >= 0.6 is 0 Å². The summed E-state index contributed by atoms with van der Waals surface area (Å²) < 4.78 is 1.21. The molecule has 0 unspecified atom stereocenters. The third-order valence-electron chi connectivity index (χ3n) is 3.76. The summed E-state index contributed by atoms with van der Waals surface area (Å²) in [6.07, 6.45) is 2.13. The fourth-order valence-corrected chi connectivity index (χ4v) is 2.11. The fraction of sp³-hybridized carbons (Fsp3) is 0.643. The molecule has 1 aliphatic rings. The van der Waals surface area contributed by atoms with Crippen LogP contribution in [0.5, 0.6) is 0 Å². The SMILES string of the molecule is CC(C)[C@@H](C)N(C(=O)c1ccc(=O)n(C)n1)C1CC1. The Morgan fingerprint density at radius 3 is 2.47 bits per heavy atom. The van der Waals surface area contributed by atoms with Crippen molar-refractivity contribution in [1.82, 2.24) is 14.7 Å². The van der Waals surface area contributed by atoms with Crippen LogP contribution in [0.1, 0.15) is 44.1 Å². The number of nitrogens with zero attached hydrogens (tertiary/aromatic N) is 3. The van der Waals surface area contributed by atoms with Crippen LogP contribution < -0.4 is 5.56 Å². The van der Waals surface area contributed by atoms with Crippen molar-refractivity contribution >= 4 is 5.91 Å². The first-order chi connectivity index (χ1) is 8.91. The van der Waals surface area contributed by atoms with Crippen molar-refractivity contribution in [2.75, 3.05) is 0 Å².